The smallest absolute Gasteiger partial charge is 0.257 e. The number of nitrogens with zero attached hydrogens (tertiary/aromatic N) is 2. The van der Waals surface area contributed by atoms with Crippen LogP contribution in [0.5, 0.6) is 0 Å². The summed E-state index contributed by atoms with van der Waals surface area (Å²) in [7, 11) is 0. The van der Waals surface area contributed by atoms with Gasteiger partial charge < -0.3 is 19.7 Å². The second kappa shape index (κ2) is 6.64. The summed E-state index contributed by atoms with van der Waals surface area (Å²) in [5, 5.41) is 12.7. The van der Waals surface area contributed by atoms with Gasteiger partial charge in [0.25, 0.3) is 5.91 Å². The van der Waals surface area contributed by atoms with Gasteiger partial charge in [0.05, 0.1) is 5.69 Å². The Morgan fingerprint density at radius 1 is 1.13 bits per heavy atom. The Kier molecular flexibility index (Phi) is 4.83. The number of carbonyl (C=O) groups excluding carboxylic acids is 2. The molecule has 2 heterocycles. The maximum absolute atomic E-state index is 12.4. The van der Waals surface area contributed by atoms with Gasteiger partial charge >= 0.3 is 0 Å². The number of hydrogen-bond donors (Lipinski definition) is 2. The molecule has 124 valence electrons. The molecule has 0 aromatic carbocycles. The summed E-state index contributed by atoms with van der Waals surface area (Å²) in [5.74, 6) is 0.605. The highest BCUT2D eigenvalue weighted by Gasteiger charge is 2.25. The van der Waals surface area contributed by atoms with E-state index in [0.717, 1.165) is 0 Å². The third-order valence-corrected chi connectivity index (χ3v) is 3.26. The van der Waals surface area contributed by atoms with Crippen molar-refractivity contribution in [2.24, 2.45) is 0 Å². The van der Waals surface area contributed by atoms with Gasteiger partial charge in [0.2, 0.25) is 5.91 Å². The first kappa shape index (κ1) is 16.7. The molecule has 8 heteroatoms. The van der Waals surface area contributed by atoms with Gasteiger partial charge in [0, 0.05) is 12.0 Å². The topological polar surface area (TPSA) is 110 Å². The molecule has 0 spiro atoms. The minimum atomic E-state index is -0.756. The van der Waals surface area contributed by atoms with Crippen LogP contribution in [0.1, 0.15) is 54.3 Å². The van der Waals surface area contributed by atoms with Crippen LogP contribution in [0.4, 0.5) is 5.82 Å². The lowest BCUT2D eigenvalue weighted by atomic mass is 10.0. The Balaban J connectivity index is 2.05. The van der Waals surface area contributed by atoms with Crippen molar-refractivity contribution in [1.82, 2.24) is 15.6 Å². The highest BCUT2D eigenvalue weighted by atomic mass is 16.5. The second-order valence-corrected chi connectivity index (χ2v) is 5.67. The van der Waals surface area contributed by atoms with E-state index in [2.05, 4.69) is 20.9 Å². The van der Waals surface area contributed by atoms with E-state index >= 15 is 0 Å². The largest absolute Gasteiger partial charge is 0.360 e. The van der Waals surface area contributed by atoms with Crippen LogP contribution in [0.25, 0.3) is 0 Å². The van der Waals surface area contributed by atoms with Crippen LogP contribution >= 0.6 is 0 Å². The summed E-state index contributed by atoms with van der Waals surface area (Å²) in [5.41, 5.74) is 0.864. The molecule has 1 atom stereocenters. The van der Waals surface area contributed by atoms with E-state index in [1.165, 1.54) is 0 Å². The van der Waals surface area contributed by atoms with Gasteiger partial charge in [-0.2, -0.15) is 0 Å². The molecule has 2 amide bonds. The molecule has 0 saturated carbocycles. The van der Waals surface area contributed by atoms with Crippen molar-refractivity contribution >= 4 is 17.6 Å². The molecule has 2 N–H and O–H groups in total. The van der Waals surface area contributed by atoms with E-state index < -0.39 is 17.9 Å². The maximum Gasteiger partial charge on any atom is 0.257 e. The van der Waals surface area contributed by atoms with Crippen molar-refractivity contribution in [3.05, 3.63) is 28.8 Å². The van der Waals surface area contributed by atoms with E-state index in [1.54, 1.807) is 26.8 Å². The number of nitrogens with one attached hydrogen (secondary N) is 2. The molecule has 1 unspecified atom stereocenters. The lowest BCUT2D eigenvalue weighted by molar-refractivity contribution is -0.117. The zero-order valence-electron chi connectivity index (χ0n) is 13.8. The van der Waals surface area contributed by atoms with Crippen molar-refractivity contribution in [2.75, 3.05) is 5.32 Å². The van der Waals surface area contributed by atoms with Crippen molar-refractivity contribution in [3.63, 3.8) is 0 Å². The summed E-state index contributed by atoms with van der Waals surface area (Å²) in [6, 6.07) is 0.835. The number of rotatable bonds is 5. The van der Waals surface area contributed by atoms with Crippen molar-refractivity contribution in [1.29, 1.82) is 0 Å². The van der Waals surface area contributed by atoms with Gasteiger partial charge in [0.1, 0.15) is 17.4 Å². The van der Waals surface area contributed by atoms with Crippen molar-refractivity contribution in [3.8, 4) is 0 Å². The molecule has 8 nitrogen and oxygen atoms in total. The number of carbonyl (C=O) groups is 2. The predicted octanol–water partition coefficient (Wildman–Crippen LogP) is 2.16. The highest BCUT2D eigenvalue weighted by molar-refractivity contribution is 6.01. The normalized spacial score (nSPS) is 12.3. The zero-order chi connectivity index (χ0) is 17.1. The summed E-state index contributed by atoms with van der Waals surface area (Å²) in [6.45, 7) is 8.79. The highest BCUT2D eigenvalue weighted by Crippen LogP contribution is 2.22. The SMILES string of the molecule is Cc1cc(NC(=O)C(C)NC(=O)c2c(C)noc2C(C)C)no1. The van der Waals surface area contributed by atoms with Crippen LogP contribution in [-0.4, -0.2) is 28.2 Å². The van der Waals surface area contributed by atoms with Crippen LogP contribution in [0.3, 0.4) is 0 Å². The Morgan fingerprint density at radius 2 is 1.83 bits per heavy atom. The van der Waals surface area contributed by atoms with Crippen molar-refractivity contribution in [2.45, 2.75) is 46.6 Å². The zero-order valence-corrected chi connectivity index (χ0v) is 13.8. The first-order chi connectivity index (χ1) is 10.8. The quantitative estimate of drug-likeness (QED) is 0.873. The van der Waals surface area contributed by atoms with Crippen LogP contribution in [-0.2, 0) is 4.79 Å². The fourth-order valence-corrected chi connectivity index (χ4v) is 2.05. The van der Waals surface area contributed by atoms with Gasteiger partial charge in [-0.15, -0.1) is 0 Å². The van der Waals surface area contributed by atoms with Gasteiger partial charge in [-0.05, 0) is 20.8 Å². The Morgan fingerprint density at radius 3 is 2.39 bits per heavy atom. The van der Waals surface area contributed by atoms with E-state index in [9.17, 15) is 9.59 Å². The standard InChI is InChI=1S/C15H20N4O4/c1-7(2)13-12(9(4)18-23-13)15(21)16-10(5)14(20)17-11-6-8(3)22-19-11/h6-7,10H,1-5H3,(H,16,21)(H,17,19,20). The monoisotopic (exact) mass is 320 g/mol. The predicted molar refractivity (Wildman–Crippen MR) is 82.1 cm³/mol. The number of hydrogen-bond acceptors (Lipinski definition) is 6. The number of amides is 2. The molecule has 0 aliphatic heterocycles. The van der Waals surface area contributed by atoms with Crippen LogP contribution in [0, 0.1) is 13.8 Å². The van der Waals surface area contributed by atoms with Crippen LogP contribution in [0.2, 0.25) is 0 Å². The Hall–Kier alpha value is -2.64. The lowest BCUT2D eigenvalue weighted by Crippen LogP contribution is -2.42. The summed E-state index contributed by atoms with van der Waals surface area (Å²) < 4.78 is 10.1. The van der Waals surface area contributed by atoms with Crippen LogP contribution in [0.15, 0.2) is 15.1 Å². The van der Waals surface area contributed by atoms with Gasteiger partial charge in [0.15, 0.2) is 11.6 Å². The third kappa shape index (κ3) is 3.77. The number of aryl methyl sites for hydroxylation is 2. The molecule has 0 aliphatic rings. The minimum absolute atomic E-state index is 0.0131. The summed E-state index contributed by atoms with van der Waals surface area (Å²) >= 11 is 0. The molecule has 2 aromatic rings. The molecule has 0 fully saturated rings. The lowest BCUT2D eigenvalue weighted by Gasteiger charge is -2.13. The van der Waals surface area contributed by atoms with Crippen LogP contribution < -0.4 is 10.6 Å². The number of aromatic nitrogens is 2. The molecule has 2 aromatic heterocycles. The number of anilines is 1. The average Bonchev–Trinajstić information content (AvgIpc) is 3.04. The molecule has 0 radical (unpaired) electrons. The molecular weight excluding hydrogens is 300 g/mol. The molecule has 23 heavy (non-hydrogen) atoms. The molecule has 0 saturated heterocycles. The fraction of sp³-hybridized carbons (Fsp3) is 0.467. The third-order valence-electron chi connectivity index (χ3n) is 3.26. The van der Waals surface area contributed by atoms with E-state index in [0.29, 0.717) is 28.6 Å². The molecule has 2 rings (SSSR count). The second-order valence-electron chi connectivity index (χ2n) is 5.67. The molecular formula is C15H20N4O4. The Bertz CT molecular complexity index is 717. The Labute approximate surface area is 133 Å². The van der Waals surface area contributed by atoms with Gasteiger partial charge in [-0.25, -0.2) is 0 Å². The molecule has 0 bridgehead atoms. The van der Waals surface area contributed by atoms with E-state index in [-0.39, 0.29) is 5.92 Å². The minimum Gasteiger partial charge on any atom is -0.360 e. The summed E-state index contributed by atoms with van der Waals surface area (Å²) in [4.78, 5) is 24.5. The average molecular weight is 320 g/mol. The molecule has 0 aliphatic carbocycles. The van der Waals surface area contributed by atoms with E-state index in [4.69, 9.17) is 9.05 Å². The van der Waals surface area contributed by atoms with Crippen molar-refractivity contribution < 1.29 is 18.6 Å². The summed E-state index contributed by atoms with van der Waals surface area (Å²) in [6.07, 6.45) is 0. The maximum atomic E-state index is 12.4. The van der Waals surface area contributed by atoms with E-state index in [1.807, 2.05) is 13.8 Å². The van der Waals surface area contributed by atoms with Gasteiger partial charge in [-0.3, -0.25) is 9.59 Å². The first-order valence-electron chi connectivity index (χ1n) is 7.30. The van der Waals surface area contributed by atoms with Gasteiger partial charge in [-0.1, -0.05) is 24.2 Å². The fourth-order valence-electron chi connectivity index (χ4n) is 2.05. The first-order valence-corrected chi connectivity index (χ1v) is 7.30.